The molecule has 3 N–H and O–H groups in total. The summed E-state index contributed by atoms with van der Waals surface area (Å²) in [5, 5.41) is 2.88. The number of carbonyl (C=O) groups excluding carboxylic acids is 1. The van der Waals surface area contributed by atoms with Gasteiger partial charge in [-0.2, -0.15) is 0 Å². The van der Waals surface area contributed by atoms with Crippen LogP contribution in [0.2, 0.25) is 0 Å². The lowest BCUT2D eigenvalue weighted by molar-refractivity contribution is -0.123. The molecule has 0 spiro atoms. The van der Waals surface area contributed by atoms with Gasteiger partial charge in [0.25, 0.3) is 0 Å². The quantitative estimate of drug-likeness (QED) is 0.809. The zero-order chi connectivity index (χ0) is 11.8. The summed E-state index contributed by atoms with van der Waals surface area (Å²) in [7, 11) is 0. The van der Waals surface area contributed by atoms with E-state index in [0.717, 1.165) is 18.4 Å². The molecule has 0 aromatic heterocycles. The van der Waals surface area contributed by atoms with E-state index < -0.39 is 6.04 Å². The highest BCUT2D eigenvalue weighted by molar-refractivity contribution is 5.82. The van der Waals surface area contributed by atoms with Gasteiger partial charge in [-0.3, -0.25) is 4.79 Å². The minimum atomic E-state index is -0.536. The van der Waals surface area contributed by atoms with Gasteiger partial charge in [0.15, 0.2) is 0 Å². The smallest absolute Gasteiger partial charge is 0.237 e. The first-order valence-electron chi connectivity index (χ1n) is 5.37. The molecule has 1 saturated carbocycles. The molecule has 0 heterocycles. The lowest BCUT2D eigenvalue weighted by Gasteiger charge is -2.19. The molecule has 1 amide bonds. The van der Waals surface area contributed by atoms with Crippen molar-refractivity contribution < 1.29 is 9.18 Å². The Labute approximate surface area is 93.8 Å². The van der Waals surface area contributed by atoms with Crippen LogP contribution in [0.1, 0.15) is 25.3 Å². The van der Waals surface area contributed by atoms with Crippen LogP contribution >= 0.6 is 0 Å². The third kappa shape index (κ3) is 2.07. The Balaban J connectivity index is 2.17. The predicted octanol–water partition coefficient (Wildman–Crippen LogP) is 1.28. The van der Waals surface area contributed by atoms with E-state index in [2.05, 4.69) is 5.32 Å². The van der Waals surface area contributed by atoms with Crippen LogP contribution in [-0.4, -0.2) is 11.9 Å². The van der Waals surface area contributed by atoms with Gasteiger partial charge in [-0.1, -0.05) is 12.1 Å². The second-order valence-electron chi connectivity index (χ2n) is 4.37. The second kappa shape index (κ2) is 3.87. The van der Waals surface area contributed by atoms with Crippen molar-refractivity contribution in [1.82, 2.24) is 5.32 Å². The fourth-order valence-corrected chi connectivity index (χ4v) is 1.75. The van der Waals surface area contributed by atoms with Gasteiger partial charge < -0.3 is 11.1 Å². The van der Waals surface area contributed by atoms with Crippen molar-refractivity contribution in [3.63, 3.8) is 0 Å². The van der Waals surface area contributed by atoms with Gasteiger partial charge in [0, 0.05) is 0 Å². The van der Waals surface area contributed by atoms with Crippen LogP contribution in [0.5, 0.6) is 0 Å². The van der Waals surface area contributed by atoms with Crippen LogP contribution in [0.4, 0.5) is 4.39 Å². The first-order chi connectivity index (χ1) is 7.53. The Hall–Kier alpha value is -1.42. The predicted molar refractivity (Wildman–Crippen MR) is 59.1 cm³/mol. The number of benzene rings is 1. The summed E-state index contributed by atoms with van der Waals surface area (Å²) in [6.45, 7) is 1.64. The van der Waals surface area contributed by atoms with Crippen molar-refractivity contribution in [3.8, 4) is 0 Å². The normalized spacial score (nSPS) is 18.9. The number of hydrogen-bond donors (Lipinski definition) is 2. The van der Waals surface area contributed by atoms with Gasteiger partial charge >= 0.3 is 0 Å². The molecule has 16 heavy (non-hydrogen) atoms. The van der Waals surface area contributed by atoms with E-state index >= 15 is 0 Å². The Kier molecular flexibility index (Phi) is 2.68. The fourth-order valence-electron chi connectivity index (χ4n) is 1.75. The van der Waals surface area contributed by atoms with Crippen LogP contribution in [0, 0.1) is 5.82 Å². The summed E-state index contributed by atoms with van der Waals surface area (Å²) in [5.74, 6) is -0.472. The lowest BCUT2D eigenvalue weighted by atomic mass is 10.0. The van der Waals surface area contributed by atoms with Crippen molar-refractivity contribution >= 4 is 5.91 Å². The number of amides is 1. The van der Waals surface area contributed by atoms with Crippen molar-refractivity contribution in [3.05, 3.63) is 35.6 Å². The van der Waals surface area contributed by atoms with E-state index in [0.29, 0.717) is 0 Å². The maximum Gasteiger partial charge on any atom is 0.237 e. The summed E-state index contributed by atoms with van der Waals surface area (Å²) in [4.78, 5) is 11.5. The molecule has 1 aliphatic rings. The largest absolute Gasteiger partial charge is 0.345 e. The van der Waals surface area contributed by atoms with E-state index in [1.165, 1.54) is 12.1 Å². The van der Waals surface area contributed by atoms with Gasteiger partial charge in [-0.25, -0.2) is 4.39 Å². The highest BCUT2D eigenvalue weighted by atomic mass is 19.1. The Morgan fingerprint density at radius 2 is 2.25 bits per heavy atom. The average Bonchev–Trinajstić information content (AvgIpc) is 2.99. The Morgan fingerprint density at radius 1 is 1.56 bits per heavy atom. The molecular weight excluding hydrogens is 207 g/mol. The maximum absolute atomic E-state index is 13.1. The van der Waals surface area contributed by atoms with Crippen LogP contribution in [0.15, 0.2) is 24.3 Å². The number of halogens is 1. The number of rotatable bonds is 3. The molecule has 86 valence electrons. The van der Waals surface area contributed by atoms with Gasteiger partial charge in [-0.15, -0.1) is 0 Å². The summed E-state index contributed by atoms with van der Waals surface area (Å²) < 4.78 is 13.1. The minimum Gasteiger partial charge on any atom is -0.345 e. The SMILES string of the molecule is CC(N)C(=O)NC1(c2cccc(F)c2)CC1. The molecule has 0 radical (unpaired) electrons. The van der Waals surface area contributed by atoms with E-state index in [1.807, 2.05) is 6.07 Å². The number of hydrogen-bond acceptors (Lipinski definition) is 2. The summed E-state index contributed by atoms with van der Waals surface area (Å²) in [6, 6.07) is 5.81. The molecular formula is C12H15FN2O. The minimum absolute atomic E-state index is 0.193. The van der Waals surface area contributed by atoms with Crippen molar-refractivity contribution in [1.29, 1.82) is 0 Å². The first-order valence-corrected chi connectivity index (χ1v) is 5.37. The number of nitrogens with one attached hydrogen (secondary N) is 1. The van der Waals surface area contributed by atoms with Crippen molar-refractivity contribution in [2.75, 3.05) is 0 Å². The third-order valence-corrected chi connectivity index (χ3v) is 2.90. The monoisotopic (exact) mass is 222 g/mol. The number of nitrogens with two attached hydrogens (primary N) is 1. The van der Waals surface area contributed by atoms with Gasteiger partial charge in [0.1, 0.15) is 5.82 Å². The van der Waals surface area contributed by atoms with Gasteiger partial charge in [0.05, 0.1) is 11.6 Å². The molecule has 1 atom stereocenters. The molecule has 3 nitrogen and oxygen atoms in total. The molecule has 1 fully saturated rings. The Bertz CT molecular complexity index is 413. The highest BCUT2D eigenvalue weighted by Crippen LogP contribution is 2.45. The second-order valence-corrected chi connectivity index (χ2v) is 4.37. The first kappa shape index (κ1) is 11.1. The topological polar surface area (TPSA) is 55.1 Å². The molecule has 0 saturated heterocycles. The average molecular weight is 222 g/mol. The maximum atomic E-state index is 13.1. The van der Waals surface area contributed by atoms with Gasteiger partial charge in [-0.05, 0) is 37.5 Å². The molecule has 1 unspecified atom stereocenters. The summed E-state index contributed by atoms with van der Waals surface area (Å²) in [5.41, 5.74) is 5.93. The Morgan fingerprint density at radius 3 is 2.75 bits per heavy atom. The zero-order valence-electron chi connectivity index (χ0n) is 9.16. The highest BCUT2D eigenvalue weighted by Gasteiger charge is 2.46. The standard InChI is InChI=1S/C12H15FN2O/c1-8(14)11(16)15-12(5-6-12)9-3-2-4-10(13)7-9/h2-4,7-8H,5-6,14H2,1H3,(H,15,16). The molecule has 1 aliphatic carbocycles. The summed E-state index contributed by atoms with van der Waals surface area (Å²) in [6.07, 6.45) is 1.68. The fraction of sp³-hybridized carbons (Fsp3) is 0.417. The summed E-state index contributed by atoms with van der Waals surface area (Å²) >= 11 is 0. The molecule has 0 aliphatic heterocycles. The molecule has 1 aromatic carbocycles. The zero-order valence-corrected chi connectivity index (χ0v) is 9.16. The molecule has 2 rings (SSSR count). The third-order valence-electron chi connectivity index (χ3n) is 2.90. The molecule has 0 bridgehead atoms. The van der Waals surface area contributed by atoms with E-state index in [1.54, 1.807) is 13.0 Å². The van der Waals surface area contributed by atoms with E-state index in [4.69, 9.17) is 5.73 Å². The molecule has 1 aromatic rings. The van der Waals surface area contributed by atoms with Crippen LogP contribution in [-0.2, 0) is 10.3 Å². The van der Waals surface area contributed by atoms with Crippen LogP contribution in [0.25, 0.3) is 0 Å². The van der Waals surface area contributed by atoms with E-state index in [-0.39, 0.29) is 17.3 Å². The number of carbonyl (C=O) groups is 1. The lowest BCUT2D eigenvalue weighted by Crippen LogP contribution is -2.44. The van der Waals surface area contributed by atoms with E-state index in [9.17, 15) is 9.18 Å². The van der Waals surface area contributed by atoms with Crippen LogP contribution < -0.4 is 11.1 Å². The van der Waals surface area contributed by atoms with Gasteiger partial charge in [0.2, 0.25) is 5.91 Å². The van der Waals surface area contributed by atoms with Crippen molar-refractivity contribution in [2.45, 2.75) is 31.3 Å². The van der Waals surface area contributed by atoms with Crippen LogP contribution in [0.3, 0.4) is 0 Å². The molecule has 4 heteroatoms. The van der Waals surface area contributed by atoms with Crippen molar-refractivity contribution in [2.24, 2.45) is 5.73 Å².